The lowest BCUT2D eigenvalue weighted by molar-refractivity contribution is 0.0979. The first kappa shape index (κ1) is 10.1. The monoisotopic (exact) mass is 237 g/mol. The van der Waals surface area contributed by atoms with Gasteiger partial charge in [-0.2, -0.15) is 4.98 Å². The first-order valence-corrected chi connectivity index (χ1v) is 5.80. The van der Waals surface area contributed by atoms with Gasteiger partial charge in [0.05, 0.1) is 12.6 Å². The van der Waals surface area contributed by atoms with Gasteiger partial charge in [-0.05, 0) is 30.5 Å². The minimum absolute atomic E-state index is 0.291. The molecule has 3 rings (SSSR count). The van der Waals surface area contributed by atoms with E-state index < -0.39 is 0 Å². The van der Waals surface area contributed by atoms with Crippen molar-refractivity contribution in [1.29, 1.82) is 0 Å². The van der Waals surface area contributed by atoms with E-state index in [1.54, 1.807) is 6.20 Å². The van der Waals surface area contributed by atoms with Crippen LogP contribution in [-0.4, -0.2) is 27.2 Å². The topological polar surface area (TPSA) is 39.9 Å². The molecule has 2 aromatic heterocycles. The van der Waals surface area contributed by atoms with Crippen LogP contribution in [-0.2, 0) is 11.3 Å². The molecule has 2 aromatic rings. The lowest BCUT2D eigenvalue weighted by atomic mass is 10.2. The Labute approximate surface area is 98.2 Å². The maximum atomic E-state index is 5.80. The van der Waals surface area contributed by atoms with E-state index in [-0.39, 0.29) is 0 Å². The Bertz CT molecular complexity index is 505. The molecule has 1 saturated heterocycles. The quantitative estimate of drug-likeness (QED) is 0.753. The molecule has 3 heterocycles. The minimum Gasteiger partial charge on any atom is -0.376 e. The van der Waals surface area contributed by atoms with E-state index in [0.29, 0.717) is 11.4 Å². The molecule has 1 aliphatic heterocycles. The Morgan fingerprint density at radius 3 is 3.31 bits per heavy atom. The third-order valence-electron chi connectivity index (χ3n) is 2.90. The minimum atomic E-state index is 0.291. The largest absolute Gasteiger partial charge is 0.376 e. The van der Waals surface area contributed by atoms with Crippen LogP contribution in [0.5, 0.6) is 0 Å². The molecule has 84 valence electrons. The van der Waals surface area contributed by atoms with Crippen LogP contribution in [0.4, 0.5) is 0 Å². The molecule has 1 atom stereocenters. The van der Waals surface area contributed by atoms with Crippen molar-refractivity contribution >= 4 is 22.6 Å². The molecule has 0 spiro atoms. The lowest BCUT2D eigenvalue weighted by Gasteiger charge is -2.10. The fourth-order valence-corrected chi connectivity index (χ4v) is 2.23. The second-order valence-corrected chi connectivity index (χ2v) is 4.36. The molecule has 1 unspecified atom stereocenters. The van der Waals surface area contributed by atoms with Gasteiger partial charge in [0.25, 0.3) is 0 Å². The van der Waals surface area contributed by atoms with Crippen molar-refractivity contribution < 1.29 is 4.74 Å². The molecule has 0 amide bonds. The van der Waals surface area contributed by atoms with Crippen LogP contribution in [0.25, 0.3) is 11.0 Å². The third-order valence-corrected chi connectivity index (χ3v) is 3.08. The average molecular weight is 238 g/mol. The number of halogens is 1. The molecule has 0 N–H and O–H groups in total. The zero-order valence-electron chi connectivity index (χ0n) is 8.77. The smallest absolute Gasteiger partial charge is 0.224 e. The van der Waals surface area contributed by atoms with Gasteiger partial charge in [-0.1, -0.05) is 0 Å². The van der Waals surface area contributed by atoms with Gasteiger partial charge in [0.15, 0.2) is 0 Å². The predicted molar refractivity (Wildman–Crippen MR) is 61.5 cm³/mol. The van der Waals surface area contributed by atoms with E-state index in [9.17, 15) is 0 Å². The SMILES string of the molecule is Clc1ncc2ccn(CC3CCCO3)c2n1. The van der Waals surface area contributed by atoms with Crippen molar-refractivity contribution in [2.24, 2.45) is 0 Å². The van der Waals surface area contributed by atoms with E-state index in [4.69, 9.17) is 16.3 Å². The maximum Gasteiger partial charge on any atom is 0.224 e. The molecule has 16 heavy (non-hydrogen) atoms. The van der Waals surface area contributed by atoms with Crippen molar-refractivity contribution in [1.82, 2.24) is 14.5 Å². The van der Waals surface area contributed by atoms with Gasteiger partial charge in [0.2, 0.25) is 5.28 Å². The van der Waals surface area contributed by atoms with Crippen molar-refractivity contribution in [3.8, 4) is 0 Å². The van der Waals surface area contributed by atoms with Crippen LogP contribution >= 0.6 is 11.6 Å². The number of rotatable bonds is 2. The molecule has 4 nitrogen and oxygen atoms in total. The Balaban J connectivity index is 1.93. The summed E-state index contributed by atoms with van der Waals surface area (Å²) in [5.41, 5.74) is 0.885. The molecule has 0 aromatic carbocycles. The highest BCUT2D eigenvalue weighted by molar-refractivity contribution is 6.28. The van der Waals surface area contributed by atoms with Crippen molar-refractivity contribution in [2.75, 3.05) is 6.61 Å². The maximum absolute atomic E-state index is 5.80. The summed E-state index contributed by atoms with van der Waals surface area (Å²) in [5, 5.41) is 1.31. The van der Waals surface area contributed by atoms with Gasteiger partial charge < -0.3 is 9.30 Å². The van der Waals surface area contributed by atoms with Crippen molar-refractivity contribution in [3.63, 3.8) is 0 Å². The molecule has 0 bridgehead atoms. The van der Waals surface area contributed by atoms with Gasteiger partial charge >= 0.3 is 0 Å². The lowest BCUT2D eigenvalue weighted by Crippen LogP contribution is -2.14. The van der Waals surface area contributed by atoms with E-state index in [2.05, 4.69) is 14.5 Å². The first-order chi connectivity index (χ1) is 7.83. The predicted octanol–water partition coefficient (Wildman–Crippen LogP) is 2.26. The highest BCUT2D eigenvalue weighted by Gasteiger charge is 2.17. The zero-order valence-corrected chi connectivity index (χ0v) is 9.52. The van der Waals surface area contributed by atoms with Crippen LogP contribution < -0.4 is 0 Å². The second-order valence-electron chi connectivity index (χ2n) is 4.02. The van der Waals surface area contributed by atoms with E-state index in [1.165, 1.54) is 0 Å². The van der Waals surface area contributed by atoms with Gasteiger partial charge in [0, 0.05) is 24.4 Å². The van der Waals surface area contributed by atoms with E-state index in [0.717, 1.165) is 37.0 Å². The van der Waals surface area contributed by atoms with Crippen molar-refractivity contribution in [3.05, 3.63) is 23.7 Å². The number of nitrogens with zero attached hydrogens (tertiary/aromatic N) is 3. The fraction of sp³-hybridized carbons (Fsp3) is 0.455. The van der Waals surface area contributed by atoms with Gasteiger partial charge in [0.1, 0.15) is 5.65 Å². The Hall–Kier alpha value is -1.13. The standard InChI is InChI=1S/C11H12ClN3O/c12-11-13-6-8-3-4-15(10(8)14-11)7-9-2-1-5-16-9/h3-4,6,9H,1-2,5,7H2. The molecular formula is C11H12ClN3O. The number of fused-ring (bicyclic) bond motifs is 1. The van der Waals surface area contributed by atoms with Crippen LogP contribution in [0, 0.1) is 0 Å². The number of hydrogen-bond donors (Lipinski definition) is 0. The summed E-state index contributed by atoms with van der Waals surface area (Å²) in [6.45, 7) is 1.72. The Morgan fingerprint density at radius 1 is 1.56 bits per heavy atom. The van der Waals surface area contributed by atoms with E-state index >= 15 is 0 Å². The number of ether oxygens (including phenoxy) is 1. The molecule has 1 aliphatic rings. The fourth-order valence-electron chi connectivity index (χ4n) is 2.10. The second kappa shape index (κ2) is 4.03. The van der Waals surface area contributed by atoms with Crippen LogP contribution in [0.2, 0.25) is 5.28 Å². The molecular weight excluding hydrogens is 226 g/mol. The Morgan fingerprint density at radius 2 is 2.50 bits per heavy atom. The first-order valence-electron chi connectivity index (χ1n) is 5.42. The summed E-state index contributed by atoms with van der Waals surface area (Å²) in [7, 11) is 0. The third kappa shape index (κ3) is 1.79. The van der Waals surface area contributed by atoms with Gasteiger partial charge in [-0.25, -0.2) is 4.98 Å². The molecule has 0 saturated carbocycles. The van der Waals surface area contributed by atoms with Crippen LogP contribution in [0.15, 0.2) is 18.5 Å². The van der Waals surface area contributed by atoms with Crippen molar-refractivity contribution in [2.45, 2.75) is 25.5 Å². The number of hydrogen-bond acceptors (Lipinski definition) is 3. The summed E-state index contributed by atoms with van der Waals surface area (Å²) >= 11 is 5.80. The summed E-state index contributed by atoms with van der Waals surface area (Å²) in [4.78, 5) is 8.20. The van der Waals surface area contributed by atoms with E-state index in [1.807, 2.05) is 12.3 Å². The van der Waals surface area contributed by atoms with Crippen LogP contribution in [0.3, 0.4) is 0 Å². The van der Waals surface area contributed by atoms with Crippen LogP contribution in [0.1, 0.15) is 12.8 Å². The summed E-state index contributed by atoms with van der Waals surface area (Å²) in [6.07, 6.45) is 6.34. The molecule has 0 aliphatic carbocycles. The Kier molecular flexibility index (Phi) is 2.53. The number of aromatic nitrogens is 3. The highest BCUT2D eigenvalue weighted by atomic mass is 35.5. The van der Waals surface area contributed by atoms with Gasteiger partial charge in [-0.3, -0.25) is 0 Å². The normalized spacial score (nSPS) is 20.7. The molecule has 0 radical (unpaired) electrons. The average Bonchev–Trinajstić information content (AvgIpc) is 2.90. The highest BCUT2D eigenvalue weighted by Crippen LogP contribution is 2.19. The summed E-state index contributed by atoms with van der Waals surface area (Å²) < 4.78 is 7.69. The summed E-state index contributed by atoms with van der Waals surface area (Å²) in [6, 6.07) is 2.00. The molecule has 5 heteroatoms. The zero-order chi connectivity index (χ0) is 11.0. The van der Waals surface area contributed by atoms with Gasteiger partial charge in [-0.15, -0.1) is 0 Å². The molecule has 1 fully saturated rings. The summed E-state index contributed by atoms with van der Waals surface area (Å²) in [5.74, 6) is 0.